The molecule has 0 amide bonds. The number of hydrogen-bond donors (Lipinski definition) is 0. The van der Waals surface area contributed by atoms with Gasteiger partial charge in [-0.25, -0.2) is 4.98 Å². The molecule has 0 aliphatic carbocycles. The van der Waals surface area contributed by atoms with Crippen molar-refractivity contribution in [2.24, 2.45) is 0 Å². The second-order valence-electron chi connectivity index (χ2n) is 3.66. The third-order valence-electron chi connectivity index (χ3n) is 2.33. The predicted molar refractivity (Wildman–Crippen MR) is 69.1 cm³/mol. The van der Waals surface area contributed by atoms with Gasteiger partial charge in [-0.15, -0.1) is 0 Å². The molecule has 0 atom stereocenters. The predicted octanol–water partition coefficient (Wildman–Crippen LogP) is 2.87. The number of anilines is 1. The summed E-state index contributed by atoms with van der Waals surface area (Å²) in [5.74, 6) is 1.28. The van der Waals surface area contributed by atoms with E-state index in [1.165, 1.54) is 12.8 Å². The molecule has 1 heterocycles. The minimum Gasteiger partial charge on any atom is -0.480 e. The second kappa shape index (κ2) is 6.68. The fourth-order valence-corrected chi connectivity index (χ4v) is 1.72. The van der Waals surface area contributed by atoms with Crippen LogP contribution in [0.1, 0.15) is 26.2 Å². The molecular weight excluding hydrogens is 270 g/mol. The van der Waals surface area contributed by atoms with Crippen LogP contribution >= 0.6 is 15.9 Å². The highest BCUT2D eigenvalue weighted by Gasteiger charge is 2.08. The van der Waals surface area contributed by atoms with Gasteiger partial charge in [-0.1, -0.05) is 19.8 Å². The van der Waals surface area contributed by atoms with Crippen LogP contribution in [0.15, 0.2) is 10.7 Å². The molecule has 0 N–H and O–H groups in total. The Morgan fingerprint density at radius 3 is 2.81 bits per heavy atom. The SMILES string of the molecule is CCCCCN(C)c1ncc(Br)c(OC)n1. The number of ether oxygens (including phenoxy) is 1. The Kier molecular flexibility index (Phi) is 5.52. The Hall–Kier alpha value is -0.840. The van der Waals surface area contributed by atoms with E-state index in [-0.39, 0.29) is 0 Å². The fraction of sp³-hybridized carbons (Fsp3) is 0.636. The molecule has 0 aliphatic rings. The maximum Gasteiger partial charge on any atom is 0.232 e. The van der Waals surface area contributed by atoms with Gasteiger partial charge in [0.15, 0.2) is 0 Å². The lowest BCUT2D eigenvalue weighted by Crippen LogP contribution is -2.21. The van der Waals surface area contributed by atoms with Crippen molar-refractivity contribution in [3.05, 3.63) is 10.7 Å². The summed E-state index contributed by atoms with van der Waals surface area (Å²) >= 11 is 3.34. The van der Waals surface area contributed by atoms with Gasteiger partial charge in [-0.3, -0.25) is 0 Å². The molecule has 0 unspecified atom stereocenters. The Balaban J connectivity index is 2.64. The fourth-order valence-electron chi connectivity index (χ4n) is 1.37. The van der Waals surface area contributed by atoms with Crippen molar-refractivity contribution in [3.8, 4) is 5.88 Å². The largest absolute Gasteiger partial charge is 0.480 e. The van der Waals surface area contributed by atoms with E-state index in [0.29, 0.717) is 11.8 Å². The summed E-state index contributed by atoms with van der Waals surface area (Å²) in [5, 5.41) is 0. The number of methoxy groups -OCH3 is 1. The molecule has 0 aromatic carbocycles. The van der Waals surface area contributed by atoms with Crippen LogP contribution < -0.4 is 9.64 Å². The number of hydrogen-bond acceptors (Lipinski definition) is 4. The lowest BCUT2D eigenvalue weighted by molar-refractivity contribution is 0.394. The van der Waals surface area contributed by atoms with Crippen LogP contribution in [0.2, 0.25) is 0 Å². The summed E-state index contributed by atoms with van der Waals surface area (Å²) in [4.78, 5) is 10.6. The van der Waals surface area contributed by atoms with Gasteiger partial charge in [-0.2, -0.15) is 4.98 Å². The van der Waals surface area contributed by atoms with Gasteiger partial charge in [0.2, 0.25) is 11.8 Å². The molecule has 0 saturated carbocycles. The van der Waals surface area contributed by atoms with Crippen molar-refractivity contribution in [1.82, 2.24) is 9.97 Å². The number of rotatable bonds is 6. The molecule has 16 heavy (non-hydrogen) atoms. The quantitative estimate of drug-likeness (QED) is 0.754. The van der Waals surface area contributed by atoms with E-state index in [2.05, 4.69) is 32.8 Å². The van der Waals surface area contributed by atoms with Crippen LogP contribution in [0.4, 0.5) is 5.95 Å². The number of halogens is 1. The molecule has 5 heteroatoms. The third-order valence-corrected chi connectivity index (χ3v) is 2.88. The van der Waals surface area contributed by atoms with Crippen LogP contribution in [-0.4, -0.2) is 30.7 Å². The van der Waals surface area contributed by atoms with Gasteiger partial charge >= 0.3 is 0 Å². The minimum atomic E-state index is 0.576. The smallest absolute Gasteiger partial charge is 0.232 e. The second-order valence-corrected chi connectivity index (χ2v) is 4.51. The zero-order valence-corrected chi connectivity index (χ0v) is 11.6. The molecule has 0 bridgehead atoms. The summed E-state index contributed by atoms with van der Waals surface area (Å²) in [6.45, 7) is 3.16. The maximum absolute atomic E-state index is 5.14. The van der Waals surface area contributed by atoms with Gasteiger partial charge < -0.3 is 9.64 Å². The molecule has 0 spiro atoms. The zero-order valence-electron chi connectivity index (χ0n) is 10.0. The lowest BCUT2D eigenvalue weighted by atomic mass is 10.2. The standard InChI is InChI=1S/C11H18BrN3O/c1-4-5-6-7-15(2)11-13-8-9(12)10(14-11)16-3/h8H,4-7H2,1-3H3. The highest BCUT2D eigenvalue weighted by Crippen LogP contribution is 2.22. The Morgan fingerprint density at radius 2 is 2.19 bits per heavy atom. The highest BCUT2D eigenvalue weighted by molar-refractivity contribution is 9.10. The Bertz CT molecular complexity index is 333. The van der Waals surface area contributed by atoms with Gasteiger partial charge in [-0.05, 0) is 22.4 Å². The van der Waals surface area contributed by atoms with E-state index in [9.17, 15) is 0 Å². The first-order valence-electron chi connectivity index (χ1n) is 5.46. The van der Waals surface area contributed by atoms with Crippen LogP contribution in [-0.2, 0) is 0 Å². The molecule has 1 aromatic rings. The molecule has 1 aromatic heterocycles. The van der Waals surface area contributed by atoms with Crippen molar-refractivity contribution < 1.29 is 4.74 Å². The van der Waals surface area contributed by atoms with E-state index in [1.807, 2.05) is 11.9 Å². The minimum absolute atomic E-state index is 0.576. The van der Waals surface area contributed by atoms with Crippen LogP contribution in [0.5, 0.6) is 5.88 Å². The maximum atomic E-state index is 5.14. The first-order valence-corrected chi connectivity index (χ1v) is 6.26. The molecule has 0 saturated heterocycles. The summed E-state index contributed by atoms with van der Waals surface area (Å²) in [7, 11) is 3.60. The van der Waals surface area contributed by atoms with Crippen molar-refractivity contribution in [1.29, 1.82) is 0 Å². The Morgan fingerprint density at radius 1 is 1.44 bits per heavy atom. The first-order chi connectivity index (χ1) is 7.69. The average Bonchev–Trinajstić information content (AvgIpc) is 2.30. The highest BCUT2D eigenvalue weighted by atomic mass is 79.9. The van der Waals surface area contributed by atoms with Crippen LogP contribution in [0.3, 0.4) is 0 Å². The summed E-state index contributed by atoms with van der Waals surface area (Å²) in [5.41, 5.74) is 0. The van der Waals surface area contributed by atoms with Gasteiger partial charge in [0.1, 0.15) is 0 Å². The summed E-state index contributed by atoms with van der Waals surface area (Å²) in [6.07, 6.45) is 5.34. The van der Waals surface area contributed by atoms with E-state index >= 15 is 0 Å². The zero-order chi connectivity index (χ0) is 12.0. The molecule has 0 radical (unpaired) electrons. The van der Waals surface area contributed by atoms with Gasteiger partial charge in [0, 0.05) is 13.6 Å². The molecule has 0 fully saturated rings. The first kappa shape index (κ1) is 13.2. The number of unbranched alkanes of at least 4 members (excludes halogenated alkanes) is 2. The third kappa shape index (κ3) is 3.63. The van der Waals surface area contributed by atoms with E-state index in [4.69, 9.17) is 4.74 Å². The Labute approximate surface area is 105 Å². The van der Waals surface area contributed by atoms with E-state index in [0.717, 1.165) is 17.4 Å². The average molecular weight is 288 g/mol. The van der Waals surface area contributed by atoms with Crippen LogP contribution in [0.25, 0.3) is 0 Å². The number of nitrogens with zero attached hydrogens (tertiary/aromatic N) is 3. The van der Waals surface area contributed by atoms with E-state index < -0.39 is 0 Å². The normalized spacial score (nSPS) is 10.2. The summed E-state index contributed by atoms with van der Waals surface area (Å²) < 4.78 is 5.92. The topological polar surface area (TPSA) is 38.2 Å². The van der Waals surface area contributed by atoms with Crippen LogP contribution in [0, 0.1) is 0 Å². The number of aromatic nitrogens is 2. The lowest BCUT2D eigenvalue weighted by Gasteiger charge is -2.17. The van der Waals surface area contributed by atoms with E-state index in [1.54, 1.807) is 13.3 Å². The molecule has 90 valence electrons. The van der Waals surface area contributed by atoms with Crippen molar-refractivity contribution in [2.75, 3.05) is 25.6 Å². The monoisotopic (exact) mass is 287 g/mol. The molecule has 0 aliphatic heterocycles. The summed E-state index contributed by atoms with van der Waals surface area (Å²) in [6, 6.07) is 0. The van der Waals surface area contributed by atoms with Crippen molar-refractivity contribution in [3.63, 3.8) is 0 Å². The van der Waals surface area contributed by atoms with Crippen molar-refractivity contribution in [2.45, 2.75) is 26.2 Å². The molecule has 1 rings (SSSR count). The molecular formula is C11H18BrN3O. The van der Waals surface area contributed by atoms with Crippen molar-refractivity contribution >= 4 is 21.9 Å². The molecule has 4 nitrogen and oxygen atoms in total. The van der Waals surface area contributed by atoms with Gasteiger partial charge in [0.05, 0.1) is 17.8 Å². The van der Waals surface area contributed by atoms with Gasteiger partial charge in [0.25, 0.3) is 0 Å².